The molecular formula is C15H21NO3S. The topological polar surface area (TPSA) is 46.6 Å². The van der Waals surface area contributed by atoms with Crippen LogP contribution >= 0.6 is 11.8 Å². The average Bonchev–Trinajstić information content (AvgIpc) is 2.44. The monoisotopic (exact) mass is 295 g/mol. The van der Waals surface area contributed by atoms with E-state index in [0.717, 1.165) is 4.90 Å². The van der Waals surface area contributed by atoms with Crippen molar-refractivity contribution in [2.45, 2.75) is 37.0 Å². The number of thioether (sulfide) groups is 1. The second-order valence-electron chi connectivity index (χ2n) is 4.71. The van der Waals surface area contributed by atoms with E-state index >= 15 is 0 Å². The first-order valence-electron chi connectivity index (χ1n) is 6.54. The molecule has 0 unspecified atom stereocenters. The van der Waals surface area contributed by atoms with Crippen molar-refractivity contribution >= 4 is 23.6 Å². The minimum Gasteiger partial charge on any atom is -0.468 e. The van der Waals surface area contributed by atoms with E-state index in [9.17, 15) is 9.59 Å². The number of ether oxygens (including phenoxy) is 1. The number of rotatable bonds is 6. The molecule has 4 nitrogen and oxygen atoms in total. The molecule has 5 heteroatoms. The van der Waals surface area contributed by atoms with Gasteiger partial charge in [0.15, 0.2) is 0 Å². The maximum Gasteiger partial charge on any atom is 0.325 e. The van der Waals surface area contributed by atoms with Crippen LogP contribution in [0.4, 0.5) is 0 Å². The van der Waals surface area contributed by atoms with Crippen LogP contribution in [0.2, 0.25) is 0 Å². The van der Waals surface area contributed by atoms with E-state index in [0.29, 0.717) is 0 Å². The predicted molar refractivity (Wildman–Crippen MR) is 80.6 cm³/mol. The van der Waals surface area contributed by atoms with Crippen LogP contribution in [0, 0.1) is 0 Å². The highest BCUT2D eigenvalue weighted by atomic mass is 32.2. The van der Waals surface area contributed by atoms with Crippen LogP contribution in [0.5, 0.6) is 0 Å². The van der Waals surface area contributed by atoms with Crippen LogP contribution in [0.1, 0.15) is 20.8 Å². The number of hydrogen-bond donors (Lipinski definition) is 0. The summed E-state index contributed by atoms with van der Waals surface area (Å²) in [5, 5.41) is -0.246. The molecule has 0 aliphatic carbocycles. The summed E-state index contributed by atoms with van der Waals surface area (Å²) in [6.07, 6.45) is 0. The zero-order chi connectivity index (χ0) is 15.1. The Hall–Kier alpha value is -1.49. The Balaban J connectivity index is 2.71. The molecule has 0 saturated carbocycles. The van der Waals surface area contributed by atoms with Crippen molar-refractivity contribution in [2.75, 3.05) is 13.7 Å². The lowest BCUT2D eigenvalue weighted by Gasteiger charge is -2.28. The molecule has 1 rings (SSSR count). The second-order valence-corrected chi connectivity index (χ2v) is 6.12. The molecule has 110 valence electrons. The van der Waals surface area contributed by atoms with Gasteiger partial charge in [0, 0.05) is 10.9 Å². The van der Waals surface area contributed by atoms with E-state index < -0.39 is 5.97 Å². The third kappa shape index (κ3) is 4.89. The van der Waals surface area contributed by atoms with Crippen molar-refractivity contribution in [3.8, 4) is 0 Å². The molecule has 0 spiro atoms. The molecule has 0 aliphatic heterocycles. The smallest absolute Gasteiger partial charge is 0.325 e. The minimum absolute atomic E-state index is 0.00725. The zero-order valence-corrected chi connectivity index (χ0v) is 13.1. The van der Waals surface area contributed by atoms with Crippen molar-refractivity contribution in [2.24, 2.45) is 0 Å². The lowest BCUT2D eigenvalue weighted by Crippen LogP contribution is -2.44. The summed E-state index contributed by atoms with van der Waals surface area (Å²) in [5.41, 5.74) is 0. The van der Waals surface area contributed by atoms with Crippen LogP contribution in [0.15, 0.2) is 35.2 Å². The summed E-state index contributed by atoms with van der Waals surface area (Å²) in [7, 11) is 1.33. The van der Waals surface area contributed by atoms with Crippen molar-refractivity contribution in [1.29, 1.82) is 0 Å². The molecule has 1 aromatic rings. The highest BCUT2D eigenvalue weighted by Crippen LogP contribution is 2.24. The van der Waals surface area contributed by atoms with Gasteiger partial charge < -0.3 is 9.64 Å². The molecule has 0 heterocycles. The molecule has 1 amide bonds. The van der Waals surface area contributed by atoms with Crippen LogP contribution in [0.3, 0.4) is 0 Å². The van der Waals surface area contributed by atoms with E-state index in [4.69, 9.17) is 0 Å². The van der Waals surface area contributed by atoms with Gasteiger partial charge in [0.2, 0.25) is 5.91 Å². The third-order valence-corrected chi connectivity index (χ3v) is 3.94. The Morgan fingerprint density at radius 3 is 2.30 bits per heavy atom. The molecule has 0 aliphatic rings. The Labute approximate surface area is 124 Å². The summed E-state index contributed by atoms with van der Waals surface area (Å²) in [6.45, 7) is 5.63. The van der Waals surface area contributed by atoms with Gasteiger partial charge in [0.1, 0.15) is 6.54 Å². The fourth-order valence-corrected chi connectivity index (χ4v) is 2.66. The van der Waals surface area contributed by atoms with E-state index in [1.54, 1.807) is 4.90 Å². The number of methoxy groups -OCH3 is 1. The molecule has 1 aromatic carbocycles. The van der Waals surface area contributed by atoms with Gasteiger partial charge in [-0.3, -0.25) is 9.59 Å². The maximum absolute atomic E-state index is 12.4. The Morgan fingerprint density at radius 1 is 1.20 bits per heavy atom. The van der Waals surface area contributed by atoms with Crippen molar-refractivity contribution in [3.05, 3.63) is 30.3 Å². The van der Waals surface area contributed by atoms with Gasteiger partial charge in [-0.05, 0) is 32.9 Å². The Kier molecular flexibility index (Phi) is 6.58. The largest absolute Gasteiger partial charge is 0.468 e. The highest BCUT2D eigenvalue weighted by Gasteiger charge is 2.25. The summed E-state index contributed by atoms with van der Waals surface area (Å²) >= 11 is 1.49. The molecule has 20 heavy (non-hydrogen) atoms. The van der Waals surface area contributed by atoms with Gasteiger partial charge in [0.25, 0.3) is 0 Å². The number of carbonyl (C=O) groups excluding carboxylic acids is 2. The summed E-state index contributed by atoms with van der Waals surface area (Å²) in [5.74, 6) is -0.455. The molecule has 0 aromatic heterocycles. The van der Waals surface area contributed by atoms with Crippen molar-refractivity contribution in [3.63, 3.8) is 0 Å². The molecular weight excluding hydrogens is 274 g/mol. The molecule has 0 N–H and O–H groups in total. The van der Waals surface area contributed by atoms with E-state index in [-0.39, 0.29) is 23.7 Å². The van der Waals surface area contributed by atoms with Crippen LogP contribution in [-0.4, -0.2) is 41.7 Å². The molecule has 0 radical (unpaired) electrons. The predicted octanol–water partition coefficient (Wildman–Crippen LogP) is 2.58. The van der Waals surface area contributed by atoms with Gasteiger partial charge in [0.05, 0.1) is 12.4 Å². The van der Waals surface area contributed by atoms with Crippen LogP contribution in [0.25, 0.3) is 0 Å². The SMILES string of the molecule is COC(=O)CN(C(=O)[C@@H](C)Sc1ccccc1)C(C)C. The maximum atomic E-state index is 12.4. The first-order valence-corrected chi connectivity index (χ1v) is 7.42. The van der Waals surface area contributed by atoms with Gasteiger partial charge >= 0.3 is 5.97 Å². The first kappa shape index (κ1) is 16.6. The standard InChI is InChI=1S/C15H21NO3S/c1-11(2)16(10-14(17)19-4)15(18)12(3)20-13-8-6-5-7-9-13/h5-9,11-12H,10H2,1-4H3/t12-/m1/s1. The first-order chi connectivity index (χ1) is 9.45. The van der Waals surface area contributed by atoms with E-state index in [1.807, 2.05) is 51.1 Å². The molecule has 1 atom stereocenters. The Morgan fingerprint density at radius 2 is 1.80 bits per heavy atom. The van der Waals surface area contributed by atoms with Crippen molar-refractivity contribution in [1.82, 2.24) is 4.90 Å². The second kappa shape index (κ2) is 7.94. The highest BCUT2D eigenvalue weighted by molar-refractivity contribution is 8.00. The molecule has 0 fully saturated rings. The minimum atomic E-state index is -0.399. The van der Waals surface area contributed by atoms with Gasteiger partial charge in [-0.15, -0.1) is 11.8 Å². The Bertz CT molecular complexity index is 448. The normalized spacial score (nSPS) is 12.1. The van der Waals surface area contributed by atoms with Crippen molar-refractivity contribution < 1.29 is 14.3 Å². The number of carbonyl (C=O) groups is 2. The number of esters is 1. The number of hydrogen-bond acceptors (Lipinski definition) is 4. The number of amides is 1. The lowest BCUT2D eigenvalue weighted by molar-refractivity contribution is -0.147. The van der Waals surface area contributed by atoms with Gasteiger partial charge in [-0.25, -0.2) is 0 Å². The fraction of sp³-hybridized carbons (Fsp3) is 0.467. The van der Waals surface area contributed by atoms with Crippen LogP contribution in [-0.2, 0) is 14.3 Å². The lowest BCUT2D eigenvalue weighted by atomic mass is 10.2. The average molecular weight is 295 g/mol. The van der Waals surface area contributed by atoms with E-state index in [2.05, 4.69) is 4.74 Å². The van der Waals surface area contributed by atoms with Gasteiger partial charge in [-0.2, -0.15) is 0 Å². The summed E-state index contributed by atoms with van der Waals surface area (Å²) < 4.78 is 4.64. The van der Waals surface area contributed by atoms with Crippen LogP contribution < -0.4 is 0 Å². The quantitative estimate of drug-likeness (QED) is 0.598. The third-order valence-electron chi connectivity index (χ3n) is 2.84. The number of nitrogens with zero attached hydrogens (tertiary/aromatic N) is 1. The zero-order valence-electron chi connectivity index (χ0n) is 12.3. The fourth-order valence-electron chi connectivity index (χ4n) is 1.71. The summed E-state index contributed by atoms with van der Waals surface area (Å²) in [4.78, 5) is 26.4. The van der Waals surface area contributed by atoms with E-state index in [1.165, 1.54) is 18.9 Å². The number of benzene rings is 1. The molecule has 0 saturated heterocycles. The van der Waals surface area contributed by atoms with Gasteiger partial charge in [-0.1, -0.05) is 18.2 Å². The summed E-state index contributed by atoms with van der Waals surface area (Å²) in [6, 6.07) is 9.71. The molecule has 0 bridgehead atoms.